The van der Waals surface area contributed by atoms with Crippen LogP contribution in [0.4, 0.5) is 4.79 Å². The molecule has 8 heteroatoms. The fourth-order valence-electron chi connectivity index (χ4n) is 3.45. The molecule has 2 fully saturated rings. The number of carbonyl (C=O) groups excluding carboxylic acids is 2. The van der Waals surface area contributed by atoms with Crippen LogP contribution >= 0.6 is 23.1 Å². The number of rotatable bonds is 4. The molecular formula is C16H24N4O2S2. The molecule has 0 unspecified atom stereocenters. The van der Waals surface area contributed by atoms with Crippen molar-refractivity contribution in [2.24, 2.45) is 5.73 Å². The first kappa shape index (κ1) is 17.5. The zero-order valence-corrected chi connectivity index (χ0v) is 15.5. The smallest absolute Gasteiger partial charge is 0.315 e. The van der Waals surface area contributed by atoms with Crippen LogP contribution < -0.4 is 11.1 Å². The molecule has 3 N–H and O–H groups in total. The summed E-state index contributed by atoms with van der Waals surface area (Å²) in [5.74, 6) is -0.0436. The molecule has 6 nitrogen and oxygen atoms in total. The molecule has 0 radical (unpaired) electrons. The lowest BCUT2D eigenvalue weighted by Gasteiger charge is -2.30. The molecule has 3 amide bonds. The molecule has 0 spiro atoms. The van der Waals surface area contributed by atoms with Gasteiger partial charge in [-0.2, -0.15) is 0 Å². The van der Waals surface area contributed by atoms with Gasteiger partial charge in [-0.15, -0.1) is 11.3 Å². The van der Waals surface area contributed by atoms with E-state index in [9.17, 15) is 9.59 Å². The zero-order chi connectivity index (χ0) is 17.1. The summed E-state index contributed by atoms with van der Waals surface area (Å²) in [7, 11) is 0. The summed E-state index contributed by atoms with van der Waals surface area (Å²) in [6, 6.07) is -0.665. The van der Waals surface area contributed by atoms with Gasteiger partial charge in [0.05, 0.1) is 0 Å². The maximum Gasteiger partial charge on any atom is 0.315 e. The summed E-state index contributed by atoms with van der Waals surface area (Å²) in [6.07, 6.45) is 5.69. The Morgan fingerprint density at radius 1 is 1.33 bits per heavy atom. The summed E-state index contributed by atoms with van der Waals surface area (Å²) >= 11 is 3.57. The van der Waals surface area contributed by atoms with Crippen molar-refractivity contribution in [1.29, 1.82) is 0 Å². The van der Waals surface area contributed by atoms with Crippen molar-refractivity contribution in [3.05, 3.63) is 11.1 Å². The largest absolute Gasteiger partial charge is 0.352 e. The number of aromatic nitrogens is 1. The fourth-order valence-corrected chi connectivity index (χ4v) is 5.74. The average Bonchev–Trinajstić information content (AvgIpc) is 3.18. The molecule has 0 aromatic carbocycles. The van der Waals surface area contributed by atoms with Crippen molar-refractivity contribution in [3.63, 3.8) is 0 Å². The van der Waals surface area contributed by atoms with Gasteiger partial charge in [0.2, 0.25) is 5.91 Å². The SMILES string of the molecule is Cc1csc(SC2CCC(NC(=O)[C@@H]3CCCN3C(N)=O)CC2)n1. The number of carbonyl (C=O) groups is 2. The Hall–Kier alpha value is -1.28. The standard InChI is InChI=1S/C16H24N4O2S2/c1-10-9-23-16(18-10)24-12-6-4-11(5-7-12)19-14(21)13-3-2-8-20(13)15(17)22/h9,11-13H,2-8H2,1H3,(H2,17,22)(H,19,21)/t11?,12?,13-/m0/s1. The minimum absolute atomic E-state index is 0.0436. The third-order valence-corrected chi connectivity index (χ3v) is 7.15. The van der Waals surface area contributed by atoms with Gasteiger partial charge in [-0.25, -0.2) is 9.78 Å². The molecule has 1 atom stereocenters. The number of nitrogens with one attached hydrogen (secondary N) is 1. The quantitative estimate of drug-likeness (QED) is 0.855. The predicted octanol–water partition coefficient (Wildman–Crippen LogP) is 2.51. The molecule has 1 aromatic rings. The number of hydrogen-bond acceptors (Lipinski definition) is 5. The van der Waals surface area contributed by atoms with Gasteiger partial charge in [0.1, 0.15) is 10.4 Å². The molecule has 3 rings (SSSR count). The van der Waals surface area contributed by atoms with E-state index in [1.165, 1.54) is 4.90 Å². The van der Waals surface area contributed by atoms with Crippen LogP contribution in [0.2, 0.25) is 0 Å². The number of urea groups is 1. The normalized spacial score (nSPS) is 27.2. The van der Waals surface area contributed by atoms with Gasteiger partial charge in [0, 0.05) is 28.9 Å². The third-order valence-electron chi connectivity index (χ3n) is 4.72. The number of nitrogens with two attached hydrogens (primary N) is 1. The van der Waals surface area contributed by atoms with E-state index < -0.39 is 6.03 Å². The monoisotopic (exact) mass is 368 g/mol. The topological polar surface area (TPSA) is 88.3 Å². The van der Waals surface area contributed by atoms with Gasteiger partial charge >= 0.3 is 6.03 Å². The number of thiazole rings is 1. The number of likely N-dealkylation sites (tertiary alicyclic amines) is 1. The lowest BCUT2D eigenvalue weighted by atomic mass is 9.94. The highest BCUT2D eigenvalue weighted by atomic mass is 32.2. The minimum atomic E-state index is -0.494. The summed E-state index contributed by atoms with van der Waals surface area (Å²) in [6.45, 7) is 2.61. The second kappa shape index (κ2) is 7.74. The maximum absolute atomic E-state index is 12.4. The Morgan fingerprint density at radius 2 is 2.08 bits per heavy atom. The molecule has 1 aliphatic heterocycles. The third kappa shape index (κ3) is 4.22. The molecule has 0 bridgehead atoms. The van der Waals surface area contributed by atoms with Crippen molar-refractivity contribution in [2.45, 2.75) is 67.1 Å². The van der Waals surface area contributed by atoms with Crippen molar-refractivity contribution in [1.82, 2.24) is 15.2 Å². The number of thioether (sulfide) groups is 1. The summed E-state index contributed by atoms with van der Waals surface area (Å²) in [4.78, 5) is 29.8. The molecular weight excluding hydrogens is 344 g/mol. The van der Waals surface area contributed by atoms with Gasteiger partial charge in [-0.1, -0.05) is 11.8 Å². The highest BCUT2D eigenvalue weighted by Gasteiger charge is 2.34. The van der Waals surface area contributed by atoms with Gasteiger partial charge in [0.15, 0.2) is 0 Å². The second-order valence-electron chi connectivity index (χ2n) is 6.54. The van der Waals surface area contributed by atoms with Gasteiger partial charge in [-0.3, -0.25) is 4.79 Å². The highest BCUT2D eigenvalue weighted by Crippen LogP contribution is 2.35. The Bertz CT molecular complexity index is 599. The number of nitrogens with zero attached hydrogens (tertiary/aromatic N) is 2. The van der Waals surface area contributed by atoms with E-state index in [2.05, 4.69) is 15.7 Å². The van der Waals surface area contributed by atoms with Crippen LogP contribution in [0.5, 0.6) is 0 Å². The van der Waals surface area contributed by atoms with E-state index in [-0.39, 0.29) is 18.0 Å². The highest BCUT2D eigenvalue weighted by molar-refractivity contribution is 8.01. The first-order valence-corrected chi connectivity index (χ1v) is 10.2. The van der Waals surface area contributed by atoms with Crippen LogP contribution in [-0.4, -0.2) is 45.7 Å². The van der Waals surface area contributed by atoms with E-state index in [1.54, 1.807) is 11.3 Å². The number of amides is 3. The van der Waals surface area contributed by atoms with Gasteiger partial charge in [-0.05, 0) is 45.4 Å². The summed E-state index contributed by atoms with van der Waals surface area (Å²) in [5, 5.41) is 5.79. The average molecular weight is 369 g/mol. The molecule has 24 heavy (non-hydrogen) atoms. The maximum atomic E-state index is 12.4. The minimum Gasteiger partial charge on any atom is -0.352 e. The van der Waals surface area contributed by atoms with Crippen LogP contribution in [0, 0.1) is 6.92 Å². The van der Waals surface area contributed by atoms with Crippen LogP contribution in [0.3, 0.4) is 0 Å². The first-order valence-electron chi connectivity index (χ1n) is 8.48. The van der Waals surface area contributed by atoms with E-state index in [0.29, 0.717) is 18.2 Å². The van der Waals surface area contributed by atoms with E-state index >= 15 is 0 Å². The van der Waals surface area contributed by atoms with Gasteiger partial charge < -0.3 is 16.0 Å². The van der Waals surface area contributed by atoms with Crippen LogP contribution in [-0.2, 0) is 4.79 Å². The van der Waals surface area contributed by atoms with Gasteiger partial charge in [0.25, 0.3) is 0 Å². The van der Waals surface area contributed by atoms with Crippen molar-refractivity contribution in [2.75, 3.05) is 6.54 Å². The van der Waals surface area contributed by atoms with E-state index in [1.807, 2.05) is 18.7 Å². The van der Waals surface area contributed by atoms with Crippen molar-refractivity contribution in [3.8, 4) is 0 Å². The van der Waals surface area contributed by atoms with E-state index in [0.717, 1.165) is 42.1 Å². The lowest BCUT2D eigenvalue weighted by molar-refractivity contribution is -0.125. The summed E-state index contributed by atoms with van der Waals surface area (Å²) in [5.41, 5.74) is 6.43. The van der Waals surface area contributed by atoms with Crippen LogP contribution in [0.1, 0.15) is 44.2 Å². The number of primary amides is 1. The van der Waals surface area contributed by atoms with Crippen LogP contribution in [0.25, 0.3) is 0 Å². The van der Waals surface area contributed by atoms with E-state index in [4.69, 9.17) is 5.73 Å². The number of hydrogen-bond donors (Lipinski definition) is 2. The second-order valence-corrected chi connectivity index (χ2v) is 8.95. The fraction of sp³-hybridized carbons (Fsp3) is 0.688. The predicted molar refractivity (Wildman–Crippen MR) is 96.2 cm³/mol. The molecule has 2 heterocycles. The molecule has 132 valence electrons. The first-order chi connectivity index (χ1) is 11.5. The zero-order valence-electron chi connectivity index (χ0n) is 13.9. The number of aryl methyl sites for hydroxylation is 1. The lowest BCUT2D eigenvalue weighted by Crippen LogP contribution is -2.50. The summed E-state index contributed by atoms with van der Waals surface area (Å²) < 4.78 is 1.14. The Balaban J connectivity index is 1.45. The molecule has 1 aromatic heterocycles. The molecule has 2 aliphatic rings. The van der Waals surface area contributed by atoms with Crippen molar-refractivity contribution < 1.29 is 9.59 Å². The molecule has 1 aliphatic carbocycles. The Kier molecular flexibility index (Phi) is 5.65. The van der Waals surface area contributed by atoms with Crippen LogP contribution in [0.15, 0.2) is 9.72 Å². The Morgan fingerprint density at radius 3 is 2.71 bits per heavy atom. The van der Waals surface area contributed by atoms with Crippen molar-refractivity contribution >= 4 is 35.0 Å². The molecule has 1 saturated heterocycles. The Labute approximate surface area is 150 Å². The molecule has 1 saturated carbocycles.